The molecule has 2 bridgehead atoms. The Bertz CT molecular complexity index is 118. The molecule has 3 aliphatic heterocycles. The standard InChI is InChI=1S/C8H14ClN/c9-5-8-6-10-3-1-7(8)2-4-10/h7-8H,1-6H2/p+1/t8-/m1/s1. The molecule has 3 fully saturated rings. The lowest BCUT2D eigenvalue weighted by Crippen LogP contribution is -3.15. The molecule has 10 heavy (non-hydrogen) atoms. The summed E-state index contributed by atoms with van der Waals surface area (Å²) in [5.41, 5.74) is 0. The topological polar surface area (TPSA) is 4.44 Å². The maximum absolute atomic E-state index is 5.86. The van der Waals surface area contributed by atoms with Crippen molar-refractivity contribution in [2.45, 2.75) is 12.8 Å². The Morgan fingerprint density at radius 2 is 2.00 bits per heavy atom. The van der Waals surface area contributed by atoms with E-state index in [1.807, 2.05) is 0 Å². The molecule has 0 aromatic rings. The molecule has 3 rings (SSSR count). The van der Waals surface area contributed by atoms with Crippen molar-refractivity contribution < 1.29 is 4.90 Å². The van der Waals surface area contributed by atoms with Gasteiger partial charge in [-0.2, -0.15) is 0 Å². The Labute approximate surface area is 67.3 Å². The van der Waals surface area contributed by atoms with Crippen molar-refractivity contribution in [1.82, 2.24) is 0 Å². The number of halogens is 1. The molecular formula is C8H15ClN+. The average molecular weight is 161 g/mol. The number of nitrogens with one attached hydrogen (secondary N) is 1. The van der Waals surface area contributed by atoms with Crippen LogP contribution >= 0.6 is 11.6 Å². The van der Waals surface area contributed by atoms with Crippen molar-refractivity contribution in [3.05, 3.63) is 0 Å². The number of fused-ring (bicyclic) bond motifs is 3. The van der Waals surface area contributed by atoms with E-state index in [4.69, 9.17) is 11.6 Å². The number of alkyl halides is 1. The molecule has 3 aliphatic rings. The highest BCUT2D eigenvalue weighted by atomic mass is 35.5. The summed E-state index contributed by atoms with van der Waals surface area (Å²) in [5.74, 6) is 2.72. The summed E-state index contributed by atoms with van der Waals surface area (Å²) < 4.78 is 0. The highest BCUT2D eigenvalue weighted by molar-refractivity contribution is 6.18. The first-order valence-corrected chi connectivity index (χ1v) is 4.83. The first-order chi connectivity index (χ1) is 4.90. The number of hydrogen-bond acceptors (Lipinski definition) is 0. The molecule has 0 aromatic carbocycles. The lowest BCUT2D eigenvalue weighted by molar-refractivity contribution is -0.920. The monoisotopic (exact) mass is 160 g/mol. The van der Waals surface area contributed by atoms with Gasteiger partial charge >= 0.3 is 0 Å². The zero-order valence-electron chi connectivity index (χ0n) is 6.28. The minimum Gasteiger partial charge on any atom is -0.335 e. The van der Waals surface area contributed by atoms with E-state index < -0.39 is 0 Å². The van der Waals surface area contributed by atoms with Crippen LogP contribution in [0.25, 0.3) is 0 Å². The summed E-state index contributed by atoms with van der Waals surface area (Å²) in [6, 6.07) is 0. The maximum Gasteiger partial charge on any atom is 0.0813 e. The third-order valence-electron chi connectivity index (χ3n) is 3.15. The summed E-state index contributed by atoms with van der Waals surface area (Å²) in [6.45, 7) is 4.18. The molecule has 1 N–H and O–H groups in total. The minimum atomic E-state index is 0.846. The fourth-order valence-corrected chi connectivity index (χ4v) is 2.80. The quantitative estimate of drug-likeness (QED) is 0.521. The Morgan fingerprint density at radius 3 is 2.30 bits per heavy atom. The van der Waals surface area contributed by atoms with Gasteiger partial charge in [-0.1, -0.05) is 0 Å². The number of piperidine rings is 3. The molecule has 3 saturated heterocycles. The molecule has 0 aromatic heterocycles. The van der Waals surface area contributed by atoms with Crippen LogP contribution in [0, 0.1) is 11.8 Å². The highest BCUT2D eigenvalue weighted by Crippen LogP contribution is 2.24. The number of quaternary nitrogens is 1. The van der Waals surface area contributed by atoms with Crippen LogP contribution in [0.1, 0.15) is 12.8 Å². The molecule has 0 spiro atoms. The van der Waals surface area contributed by atoms with E-state index >= 15 is 0 Å². The van der Waals surface area contributed by atoms with E-state index in [2.05, 4.69) is 0 Å². The second kappa shape index (κ2) is 2.71. The highest BCUT2D eigenvalue weighted by Gasteiger charge is 2.36. The Hall–Kier alpha value is 0.250. The van der Waals surface area contributed by atoms with Crippen molar-refractivity contribution >= 4 is 11.6 Å². The van der Waals surface area contributed by atoms with E-state index in [9.17, 15) is 0 Å². The first-order valence-electron chi connectivity index (χ1n) is 4.29. The lowest BCUT2D eigenvalue weighted by Gasteiger charge is -2.41. The van der Waals surface area contributed by atoms with Gasteiger partial charge in [-0.15, -0.1) is 11.6 Å². The summed E-state index contributed by atoms with van der Waals surface area (Å²) in [6.07, 6.45) is 2.87. The van der Waals surface area contributed by atoms with Gasteiger partial charge in [0.05, 0.1) is 19.6 Å². The Morgan fingerprint density at radius 1 is 1.30 bits per heavy atom. The van der Waals surface area contributed by atoms with Gasteiger partial charge < -0.3 is 4.90 Å². The molecule has 58 valence electrons. The average Bonchev–Trinajstić information content (AvgIpc) is 2.06. The lowest BCUT2D eigenvalue weighted by atomic mass is 9.80. The third kappa shape index (κ3) is 1.06. The zero-order valence-corrected chi connectivity index (χ0v) is 7.03. The molecule has 0 amide bonds. The van der Waals surface area contributed by atoms with E-state index in [-0.39, 0.29) is 0 Å². The van der Waals surface area contributed by atoms with E-state index in [0.29, 0.717) is 0 Å². The van der Waals surface area contributed by atoms with E-state index in [0.717, 1.165) is 17.7 Å². The predicted octanol–water partition coefficient (Wildman–Crippen LogP) is 0.150. The van der Waals surface area contributed by atoms with Crippen molar-refractivity contribution in [3.8, 4) is 0 Å². The fraction of sp³-hybridized carbons (Fsp3) is 1.00. The van der Waals surface area contributed by atoms with Crippen LogP contribution in [0.5, 0.6) is 0 Å². The predicted molar refractivity (Wildman–Crippen MR) is 42.5 cm³/mol. The molecule has 2 heteroatoms. The van der Waals surface area contributed by atoms with Gasteiger partial charge in [0.25, 0.3) is 0 Å². The van der Waals surface area contributed by atoms with Crippen LogP contribution in [-0.2, 0) is 0 Å². The van der Waals surface area contributed by atoms with Gasteiger partial charge in [0.1, 0.15) is 0 Å². The summed E-state index contributed by atoms with van der Waals surface area (Å²) in [5, 5.41) is 0. The SMILES string of the molecule is ClC[C@@H]1C[NH+]2CCC1CC2. The molecule has 3 heterocycles. The van der Waals surface area contributed by atoms with Crippen molar-refractivity contribution in [1.29, 1.82) is 0 Å². The molecule has 1 nitrogen and oxygen atoms in total. The second-order valence-electron chi connectivity index (χ2n) is 3.71. The molecule has 0 radical (unpaired) electrons. The van der Waals surface area contributed by atoms with Gasteiger partial charge in [0.2, 0.25) is 0 Å². The van der Waals surface area contributed by atoms with Crippen molar-refractivity contribution in [2.75, 3.05) is 25.5 Å². The minimum absolute atomic E-state index is 0.846. The van der Waals surface area contributed by atoms with Crippen LogP contribution in [0.3, 0.4) is 0 Å². The third-order valence-corrected chi connectivity index (χ3v) is 3.55. The van der Waals surface area contributed by atoms with Gasteiger partial charge in [-0.05, 0) is 5.92 Å². The number of rotatable bonds is 1. The van der Waals surface area contributed by atoms with Crippen molar-refractivity contribution in [3.63, 3.8) is 0 Å². The Balaban J connectivity index is 2.01. The molecule has 0 aliphatic carbocycles. The largest absolute Gasteiger partial charge is 0.335 e. The van der Waals surface area contributed by atoms with Crippen LogP contribution in [0.2, 0.25) is 0 Å². The van der Waals surface area contributed by atoms with Gasteiger partial charge in [0.15, 0.2) is 0 Å². The summed E-state index contributed by atoms with van der Waals surface area (Å²) >= 11 is 5.86. The molecule has 0 unspecified atom stereocenters. The van der Waals surface area contributed by atoms with E-state index in [1.54, 1.807) is 4.90 Å². The molecule has 1 atom stereocenters. The maximum atomic E-state index is 5.86. The van der Waals surface area contributed by atoms with Gasteiger partial charge in [-0.25, -0.2) is 0 Å². The number of hydrogen-bond donors (Lipinski definition) is 1. The van der Waals surface area contributed by atoms with E-state index in [1.165, 1.54) is 32.5 Å². The van der Waals surface area contributed by atoms with Crippen LogP contribution < -0.4 is 4.90 Å². The van der Waals surface area contributed by atoms with Crippen LogP contribution in [0.4, 0.5) is 0 Å². The van der Waals surface area contributed by atoms with Gasteiger partial charge in [0, 0.05) is 24.6 Å². The van der Waals surface area contributed by atoms with Crippen LogP contribution in [0.15, 0.2) is 0 Å². The second-order valence-corrected chi connectivity index (χ2v) is 4.01. The summed E-state index contributed by atoms with van der Waals surface area (Å²) in [7, 11) is 0. The van der Waals surface area contributed by atoms with Crippen LogP contribution in [-0.4, -0.2) is 25.5 Å². The first kappa shape index (κ1) is 6.93. The normalized spacial score (nSPS) is 45.9. The molecule has 0 saturated carbocycles. The van der Waals surface area contributed by atoms with Gasteiger partial charge in [-0.3, -0.25) is 0 Å². The molecular weight excluding hydrogens is 146 g/mol. The van der Waals surface area contributed by atoms with Crippen molar-refractivity contribution in [2.24, 2.45) is 11.8 Å². The summed E-state index contributed by atoms with van der Waals surface area (Å²) in [4.78, 5) is 1.80. The smallest absolute Gasteiger partial charge is 0.0813 e. The zero-order chi connectivity index (χ0) is 6.97. The fourth-order valence-electron chi connectivity index (χ4n) is 2.44. The Kier molecular flexibility index (Phi) is 1.88.